The van der Waals surface area contributed by atoms with E-state index in [4.69, 9.17) is 21.4 Å². The molecule has 108 valence electrons. The number of hydrogen-bond acceptors (Lipinski definition) is 4. The highest BCUT2D eigenvalue weighted by Crippen LogP contribution is 2.28. The van der Waals surface area contributed by atoms with Crippen molar-refractivity contribution in [2.24, 2.45) is 0 Å². The van der Waals surface area contributed by atoms with Gasteiger partial charge in [0.1, 0.15) is 11.8 Å². The van der Waals surface area contributed by atoms with Gasteiger partial charge in [-0.05, 0) is 18.2 Å². The summed E-state index contributed by atoms with van der Waals surface area (Å²) in [6.45, 7) is -0.230. The summed E-state index contributed by atoms with van der Waals surface area (Å²) in [5.74, 6) is -0.193. The molecule has 1 aliphatic rings. The maximum atomic E-state index is 12.0. The maximum Gasteiger partial charge on any atom is 0.327 e. The fourth-order valence-electron chi connectivity index (χ4n) is 1.71. The van der Waals surface area contributed by atoms with E-state index >= 15 is 0 Å². The van der Waals surface area contributed by atoms with Gasteiger partial charge in [-0.1, -0.05) is 27.5 Å². The van der Waals surface area contributed by atoms with Crippen molar-refractivity contribution in [3.8, 4) is 5.75 Å². The van der Waals surface area contributed by atoms with Gasteiger partial charge in [0, 0.05) is 10.2 Å². The average Bonchev–Trinajstić information content (AvgIpc) is 2.86. The molecule has 1 amide bonds. The molecule has 1 fully saturated rings. The summed E-state index contributed by atoms with van der Waals surface area (Å²) in [6.07, 6.45) is 0. The van der Waals surface area contributed by atoms with E-state index in [0.717, 1.165) is 4.47 Å². The summed E-state index contributed by atoms with van der Waals surface area (Å²) in [6, 6.07) is 4.27. The highest BCUT2D eigenvalue weighted by molar-refractivity contribution is 9.10. The third kappa shape index (κ3) is 3.59. The Morgan fingerprint density at radius 3 is 2.95 bits per heavy atom. The molecule has 1 aromatic carbocycles. The van der Waals surface area contributed by atoms with Crippen LogP contribution in [0.1, 0.15) is 0 Å². The van der Waals surface area contributed by atoms with Crippen LogP contribution in [0.2, 0.25) is 5.02 Å². The van der Waals surface area contributed by atoms with E-state index in [9.17, 15) is 9.59 Å². The number of aliphatic carboxylic acids is 1. The van der Waals surface area contributed by atoms with Crippen LogP contribution in [-0.2, 0) is 9.59 Å². The number of benzene rings is 1. The molecule has 1 saturated heterocycles. The summed E-state index contributed by atoms with van der Waals surface area (Å²) >= 11 is 10.7. The van der Waals surface area contributed by atoms with E-state index in [-0.39, 0.29) is 12.5 Å². The van der Waals surface area contributed by atoms with Crippen LogP contribution in [-0.4, -0.2) is 46.2 Å². The van der Waals surface area contributed by atoms with Crippen molar-refractivity contribution in [2.75, 3.05) is 18.2 Å². The standard InChI is InChI=1S/C12H11BrClNO4S/c13-7-1-2-10(8(14)3-7)19-4-11(16)15-6-20-5-9(15)12(17)18/h1-3,9H,4-6H2,(H,17,18)/t9-/m0/s1. The molecule has 8 heteroatoms. The Hall–Kier alpha value is -0.920. The molecule has 5 nitrogen and oxygen atoms in total. The van der Waals surface area contributed by atoms with Gasteiger partial charge < -0.3 is 14.7 Å². The molecule has 20 heavy (non-hydrogen) atoms. The molecule has 1 atom stereocenters. The van der Waals surface area contributed by atoms with Crippen LogP contribution >= 0.6 is 39.3 Å². The van der Waals surface area contributed by atoms with E-state index in [1.54, 1.807) is 18.2 Å². The van der Waals surface area contributed by atoms with Crippen molar-refractivity contribution in [2.45, 2.75) is 6.04 Å². The molecule has 0 bridgehead atoms. The molecule has 0 saturated carbocycles. The van der Waals surface area contributed by atoms with Crippen molar-refractivity contribution in [1.29, 1.82) is 0 Å². The van der Waals surface area contributed by atoms with Crippen molar-refractivity contribution >= 4 is 51.2 Å². The molecule has 0 radical (unpaired) electrons. The van der Waals surface area contributed by atoms with Crippen LogP contribution in [0.15, 0.2) is 22.7 Å². The zero-order valence-electron chi connectivity index (χ0n) is 10.2. The normalized spacial score (nSPS) is 18.1. The summed E-state index contributed by atoms with van der Waals surface area (Å²) in [7, 11) is 0. The van der Waals surface area contributed by atoms with E-state index < -0.39 is 12.0 Å². The average molecular weight is 381 g/mol. The monoisotopic (exact) mass is 379 g/mol. The zero-order valence-corrected chi connectivity index (χ0v) is 13.4. The van der Waals surface area contributed by atoms with Crippen molar-refractivity contribution in [3.63, 3.8) is 0 Å². The lowest BCUT2D eigenvalue weighted by atomic mass is 10.3. The number of carbonyl (C=O) groups is 2. The Morgan fingerprint density at radius 1 is 1.55 bits per heavy atom. The predicted octanol–water partition coefficient (Wildman–Crippen LogP) is 2.47. The molecule has 1 heterocycles. The number of thioether (sulfide) groups is 1. The fourth-order valence-corrected chi connectivity index (χ4v) is 3.61. The quantitative estimate of drug-likeness (QED) is 0.869. The Balaban J connectivity index is 1.96. The minimum absolute atomic E-state index is 0.230. The first kappa shape index (κ1) is 15.5. The molecule has 1 aromatic rings. The zero-order chi connectivity index (χ0) is 14.7. The highest BCUT2D eigenvalue weighted by Gasteiger charge is 2.34. The molecule has 1 aliphatic heterocycles. The van der Waals surface area contributed by atoms with E-state index in [2.05, 4.69) is 15.9 Å². The van der Waals surface area contributed by atoms with Gasteiger partial charge in [0.05, 0.1) is 10.9 Å². The minimum Gasteiger partial charge on any atom is -0.482 e. The smallest absolute Gasteiger partial charge is 0.327 e. The lowest BCUT2D eigenvalue weighted by Gasteiger charge is -2.20. The number of carbonyl (C=O) groups excluding carboxylic acids is 1. The molecule has 0 aromatic heterocycles. The summed E-state index contributed by atoms with van der Waals surface area (Å²) < 4.78 is 6.16. The number of nitrogens with zero attached hydrogens (tertiary/aromatic N) is 1. The van der Waals surface area contributed by atoms with Crippen LogP contribution in [0.4, 0.5) is 0 Å². The van der Waals surface area contributed by atoms with Crippen LogP contribution in [0.5, 0.6) is 5.75 Å². The van der Waals surface area contributed by atoms with Gasteiger partial charge in [0.2, 0.25) is 0 Å². The molecule has 0 aliphatic carbocycles. The Morgan fingerprint density at radius 2 is 2.30 bits per heavy atom. The second-order valence-electron chi connectivity index (χ2n) is 4.08. The molecule has 0 unspecified atom stereocenters. The third-order valence-corrected chi connectivity index (χ3v) is 4.53. The van der Waals surface area contributed by atoms with Crippen molar-refractivity contribution in [1.82, 2.24) is 4.90 Å². The van der Waals surface area contributed by atoms with Crippen LogP contribution in [0.25, 0.3) is 0 Å². The third-order valence-electron chi connectivity index (χ3n) is 2.73. The minimum atomic E-state index is -0.995. The number of halogens is 2. The number of hydrogen-bond donors (Lipinski definition) is 1. The SMILES string of the molecule is O=C(O)[C@@H]1CSCN1C(=O)COc1ccc(Br)cc1Cl. The van der Waals surface area contributed by atoms with Crippen LogP contribution < -0.4 is 4.74 Å². The second-order valence-corrected chi connectivity index (χ2v) is 6.40. The van der Waals surface area contributed by atoms with Crippen LogP contribution in [0.3, 0.4) is 0 Å². The maximum absolute atomic E-state index is 12.0. The number of ether oxygens (including phenoxy) is 1. The Bertz CT molecular complexity index is 542. The lowest BCUT2D eigenvalue weighted by molar-refractivity contribution is -0.148. The Kier molecular flexibility index (Phi) is 5.17. The van der Waals surface area contributed by atoms with Gasteiger partial charge in [0.15, 0.2) is 6.61 Å². The second kappa shape index (κ2) is 6.69. The van der Waals surface area contributed by atoms with E-state index in [1.165, 1.54) is 16.7 Å². The van der Waals surface area contributed by atoms with Gasteiger partial charge in [-0.15, -0.1) is 11.8 Å². The Labute approximate surface area is 133 Å². The van der Waals surface area contributed by atoms with Crippen molar-refractivity contribution < 1.29 is 19.4 Å². The summed E-state index contributed by atoms with van der Waals surface area (Å²) in [4.78, 5) is 24.3. The summed E-state index contributed by atoms with van der Waals surface area (Å²) in [5.41, 5.74) is 0. The molecule has 0 spiro atoms. The largest absolute Gasteiger partial charge is 0.482 e. The van der Waals surface area contributed by atoms with E-state index in [0.29, 0.717) is 22.4 Å². The highest BCUT2D eigenvalue weighted by atomic mass is 79.9. The molecular formula is C12H11BrClNO4S. The predicted molar refractivity (Wildman–Crippen MR) is 80.2 cm³/mol. The van der Waals surface area contributed by atoms with Crippen LogP contribution in [0, 0.1) is 0 Å². The topological polar surface area (TPSA) is 66.8 Å². The van der Waals surface area contributed by atoms with Crippen molar-refractivity contribution in [3.05, 3.63) is 27.7 Å². The number of carboxylic acids is 1. The molecule has 1 N–H and O–H groups in total. The first-order valence-corrected chi connectivity index (χ1v) is 7.99. The van der Waals surface area contributed by atoms with Gasteiger partial charge in [0.25, 0.3) is 5.91 Å². The number of carboxylic acid groups (broad SMARTS) is 1. The van der Waals surface area contributed by atoms with Gasteiger partial charge in [-0.25, -0.2) is 4.79 Å². The van der Waals surface area contributed by atoms with E-state index in [1.807, 2.05) is 0 Å². The number of amides is 1. The van der Waals surface area contributed by atoms with Gasteiger partial charge in [-0.3, -0.25) is 4.79 Å². The molecular weight excluding hydrogens is 370 g/mol. The molecule has 2 rings (SSSR count). The summed E-state index contributed by atoms with van der Waals surface area (Å²) in [5, 5.41) is 9.40. The lowest BCUT2D eigenvalue weighted by Crippen LogP contribution is -2.43. The fraction of sp³-hybridized carbons (Fsp3) is 0.333. The first-order valence-electron chi connectivity index (χ1n) is 5.67. The van der Waals surface area contributed by atoms with Gasteiger partial charge in [-0.2, -0.15) is 0 Å². The van der Waals surface area contributed by atoms with Gasteiger partial charge >= 0.3 is 5.97 Å². The first-order chi connectivity index (χ1) is 9.49. The number of rotatable bonds is 4.